The molecule has 1 amide bonds. The molecule has 4 fully saturated rings. The predicted molar refractivity (Wildman–Crippen MR) is 83.7 cm³/mol. The summed E-state index contributed by atoms with van der Waals surface area (Å²) in [4.78, 5) is 12.8. The van der Waals surface area contributed by atoms with Gasteiger partial charge in [-0.3, -0.25) is 4.79 Å². The third-order valence-electron chi connectivity index (χ3n) is 6.13. The Labute approximate surface area is 131 Å². The first-order valence-corrected chi connectivity index (χ1v) is 8.66. The van der Waals surface area contributed by atoms with Crippen LogP contribution in [0.25, 0.3) is 0 Å². The molecule has 4 saturated carbocycles. The SMILES string of the molecule is O=C(NCCc1ccc(F)cc1)C12CC3CC(CC(C3)C1)C2. The van der Waals surface area contributed by atoms with Crippen LogP contribution in [0.4, 0.5) is 4.39 Å². The molecule has 4 bridgehead atoms. The van der Waals surface area contributed by atoms with Crippen molar-refractivity contribution in [2.45, 2.75) is 44.9 Å². The largest absolute Gasteiger partial charge is 0.355 e. The van der Waals surface area contributed by atoms with Crippen molar-refractivity contribution in [1.82, 2.24) is 5.32 Å². The highest BCUT2D eigenvalue weighted by Crippen LogP contribution is 2.60. The zero-order chi connectivity index (χ0) is 15.2. The van der Waals surface area contributed by atoms with Gasteiger partial charge in [0.05, 0.1) is 0 Å². The molecule has 3 heteroatoms. The van der Waals surface area contributed by atoms with E-state index in [4.69, 9.17) is 0 Å². The molecule has 0 aromatic heterocycles. The van der Waals surface area contributed by atoms with Crippen molar-refractivity contribution in [2.24, 2.45) is 23.2 Å². The molecule has 0 unspecified atom stereocenters. The normalized spacial score (nSPS) is 35.6. The van der Waals surface area contributed by atoms with Gasteiger partial charge in [0.1, 0.15) is 5.82 Å². The summed E-state index contributed by atoms with van der Waals surface area (Å²) >= 11 is 0. The van der Waals surface area contributed by atoms with Gasteiger partial charge in [0.2, 0.25) is 5.91 Å². The minimum atomic E-state index is -0.207. The summed E-state index contributed by atoms with van der Waals surface area (Å²) in [6.45, 7) is 0.659. The van der Waals surface area contributed by atoms with E-state index in [2.05, 4.69) is 5.32 Å². The highest BCUT2D eigenvalue weighted by molar-refractivity contribution is 5.83. The summed E-state index contributed by atoms with van der Waals surface area (Å²) in [5, 5.41) is 3.17. The number of halogens is 1. The van der Waals surface area contributed by atoms with Gasteiger partial charge < -0.3 is 5.32 Å². The van der Waals surface area contributed by atoms with E-state index in [0.29, 0.717) is 6.54 Å². The van der Waals surface area contributed by atoms with Gasteiger partial charge in [-0.05, 0) is 80.4 Å². The van der Waals surface area contributed by atoms with E-state index in [1.165, 1.54) is 31.4 Å². The summed E-state index contributed by atoms with van der Waals surface area (Å²) < 4.78 is 12.9. The smallest absolute Gasteiger partial charge is 0.226 e. The second-order valence-electron chi connectivity index (χ2n) is 7.83. The molecular formula is C19H24FNO. The molecule has 1 aromatic carbocycles. The molecule has 1 N–H and O–H groups in total. The maximum absolute atomic E-state index is 12.9. The molecule has 0 aliphatic heterocycles. The predicted octanol–water partition coefficient (Wildman–Crippen LogP) is 3.70. The van der Waals surface area contributed by atoms with Crippen molar-refractivity contribution in [3.8, 4) is 0 Å². The van der Waals surface area contributed by atoms with E-state index in [1.54, 1.807) is 12.1 Å². The number of benzene rings is 1. The van der Waals surface area contributed by atoms with Crippen LogP contribution in [0.3, 0.4) is 0 Å². The van der Waals surface area contributed by atoms with Gasteiger partial charge >= 0.3 is 0 Å². The van der Waals surface area contributed by atoms with E-state index in [9.17, 15) is 9.18 Å². The van der Waals surface area contributed by atoms with Crippen molar-refractivity contribution in [3.63, 3.8) is 0 Å². The fourth-order valence-corrected chi connectivity index (χ4v) is 5.55. The van der Waals surface area contributed by atoms with Gasteiger partial charge in [-0.15, -0.1) is 0 Å². The zero-order valence-electron chi connectivity index (χ0n) is 13.0. The molecule has 0 spiro atoms. The van der Waals surface area contributed by atoms with Crippen molar-refractivity contribution in [1.29, 1.82) is 0 Å². The average molecular weight is 301 g/mol. The Morgan fingerprint density at radius 2 is 1.59 bits per heavy atom. The molecule has 22 heavy (non-hydrogen) atoms. The van der Waals surface area contributed by atoms with Gasteiger partial charge in [0.15, 0.2) is 0 Å². The summed E-state index contributed by atoms with van der Waals surface area (Å²) in [6, 6.07) is 6.56. The highest BCUT2D eigenvalue weighted by Gasteiger charge is 2.54. The Bertz CT molecular complexity index is 530. The standard InChI is InChI=1S/C19H24FNO/c20-17-3-1-13(2-4-17)5-6-21-18(22)19-10-14-7-15(11-19)9-16(8-14)12-19/h1-4,14-16H,5-12H2,(H,21,22). The molecule has 0 saturated heterocycles. The van der Waals surface area contributed by atoms with E-state index in [1.807, 2.05) is 0 Å². The molecule has 1 aromatic rings. The van der Waals surface area contributed by atoms with Crippen LogP contribution in [0.5, 0.6) is 0 Å². The van der Waals surface area contributed by atoms with Gasteiger partial charge in [-0.2, -0.15) is 0 Å². The molecule has 2 nitrogen and oxygen atoms in total. The molecule has 4 aliphatic carbocycles. The molecule has 0 atom stereocenters. The topological polar surface area (TPSA) is 29.1 Å². The fourth-order valence-electron chi connectivity index (χ4n) is 5.55. The number of carbonyl (C=O) groups excluding carboxylic acids is 1. The van der Waals surface area contributed by atoms with Gasteiger partial charge in [-0.25, -0.2) is 4.39 Å². The number of hydrogen-bond donors (Lipinski definition) is 1. The average Bonchev–Trinajstić information content (AvgIpc) is 2.48. The molecule has 4 aliphatic rings. The van der Waals surface area contributed by atoms with Crippen LogP contribution < -0.4 is 5.32 Å². The fraction of sp³-hybridized carbons (Fsp3) is 0.632. The Balaban J connectivity index is 1.35. The van der Waals surface area contributed by atoms with Crippen LogP contribution in [0, 0.1) is 29.0 Å². The Hall–Kier alpha value is -1.38. The van der Waals surface area contributed by atoms with Gasteiger partial charge in [0.25, 0.3) is 0 Å². The van der Waals surface area contributed by atoms with Crippen LogP contribution in [0.2, 0.25) is 0 Å². The number of hydrogen-bond acceptors (Lipinski definition) is 1. The first-order valence-electron chi connectivity index (χ1n) is 8.66. The van der Waals surface area contributed by atoms with Crippen molar-refractivity contribution < 1.29 is 9.18 Å². The highest BCUT2D eigenvalue weighted by atomic mass is 19.1. The monoisotopic (exact) mass is 301 g/mol. The maximum atomic E-state index is 12.9. The van der Waals surface area contributed by atoms with Gasteiger partial charge in [-0.1, -0.05) is 12.1 Å². The minimum absolute atomic E-state index is 0.0580. The molecular weight excluding hydrogens is 277 g/mol. The summed E-state index contributed by atoms with van der Waals surface area (Å²) in [5.41, 5.74) is 1.02. The molecule has 118 valence electrons. The van der Waals surface area contributed by atoms with E-state index in [-0.39, 0.29) is 17.1 Å². The first kappa shape index (κ1) is 14.2. The van der Waals surface area contributed by atoms with Gasteiger partial charge in [0, 0.05) is 12.0 Å². The second kappa shape index (κ2) is 5.36. The van der Waals surface area contributed by atoms with Crippen molar-refractivity contribution >= 4 is 5.91 Å². The quantitative estimate of drug-likeness (QED) is 0.902. The van der Waals surface area contributed by atoms with Crippen LogP contribution in [-0.4, -0.2) is 12.5 Å². The zero-order valence-corrected chi connectivity index (χ0v) is 13.0. The number of carbonyl (C=O) groups is 1. The van der Waals surface area contributed by atoms with E-state index in [0.717, 1.165) is 49.0 Å². The minimum Gasteiger partial charge on any atom is -0.355 e. The van der Waals surface area contributed by atoms with Crippen LogP contribution in [0.15, 0.2) is 24.3 Å². The molecule has 0 radical (unpaired) electrons. The summed E-state index contributed by atoms with van der Waals surface area (Å²) in [7, 11) is 0. The Morgan fingerprint density at radius 3 is 2.14 bits per heavy atom. The number of rotatable bonds is 4. The lowest BCUT2D eigenvalue weighted by Crippen LogP contribution is -2.53. The third kappa shape index (κ3) is 2.55. The van der Waals surface area contributed by atoms with E-state index < -0.39 is 0 Å². The lowest BCUT2D eigenvalue weighted by Gasteiger charge is -2.55. The van der Waals surface area contributed by atoms with Crippen LogP contribution in [-0.2, 0) is 11.2 Å². The van der Waals surface area contributed by atoms with E-state index >= 15 is 0 Å². The van der Waals surface area contributed by atoms with Crippen molar-refractivity contribution in [2.75, 3.05) is 6.54 Å². The number of nitrogens with one attached hydrogen (secondary N) is 1. The van der Waals surface area contributed by atoms with Crippen LogP contribution in [0.1, 0.15) is 44.1 Å². The third-order valence-corrected chi connectivity index (χ3v) is 6.13. The summed E-state index contributed by atoms with van der Waals surface area (Å²) in [6.07, 6.45) is 8.20. The number of amides is 1. The lowest BCUT2D eigenvalue weighted by molar-refractivity contribution is -0.146. The Kier molecular flexibility index (Phi) is 3.47. The van der Waals surface area contributed by atoms with Crippen molar-refractivity contribution in [3.05, 3.63) is 35.6 Å². The maximum Gasteiger partial charge on any atom is 0.226 e. The Morgan fingerprint density at radius 1 is 1.05 bits per heavy atom. The lowest BCUT2D eigenvalue weighted by atomic mass is 9.49. The van der Waals surface area contributed by atoms with Crippen LogP contribution >= 0.6 is 0 Å². The molecule has 5 rings (SSSR count). The second-order valence-corrected chi connectivity index (χ2v) is 7.83. The molecule has 0 heterocycles. The first-order chi connectivity index (χ1) is 10.6. The summed E-state index contributed by atoms with van der Waals surface area (Å²) in [5.74, 6) is 2.48.